The van der Waals surface area contributed by atoms with Gasteiger partial charge in [-0.2, -0.15) is 4.80 Å². The summed E-state index contributed by atoms with van der Waals surface area (Å²) in [6.07, 6.45) is 0. The van der Waals surface area contributed by atoms with E-state index >= 15 is 0 Å². The van der Waals surface area contributed by atoms with Gasteiger partial charge in [-0.1, -0.05) is 18.2 Å². The van der Waals surface area contributed by atoms with Gasteiger partial charge >= 0.3 is 0 Å². The van der Waals surface area contributed by atoms with E-state index in [-0.39, 0.29) is 12.3 Å². The fourth-order valence-electron chi connectivity index (χ4n) is 3.24. The Hall–Kier alpha value is -3.68. The number of nitrogens with one attached hydrogen (secondary N) is 1. The van der Waals surface area contributed by atoms with Crippen LogP contribution < -0.4 is 9.47 Å². The lowest BCUT2D eigenvalue weighted by Gasteiger charge is -2.07. The van der Waals surface area contributed by atoms with Crippen molar-refractivity contribution in [3.63, 3.8) is 0 Å². The molecule has 0 atom stereocenters. The van der Waals surface area contributed by atoms with Gasteiger partial charge in [0, 0.05) is 27.7 Å². The van der Waals surface area contributed by atoms with Gasteiger partial charge in [0.1, 0.15) is 6.54 Å². The maximum atomic E-state index is 12.9. The van der Waals surface area contributed by atoms with Crippen molar-refractivity contribution in [2.75, 3.05) is 14.2 Å². The predicted octanol–water partition coefficient (Wildman–Crippen LogP) is 3.03. The van der Waals surface area contributed by atoms with Gasteiger partial charge in [-0.05, 0) is 36.4 Å². The van der Waals surface area contributed by atoms with Gasteiger partial charge in [0.15, 0.2) is 17.3 Å². The van der Waals surface area contributed by atoms with Crippen molar-refractivity contribution in [1.82, 2.24) is 25.2 Å². The zero-order valence-electron chi connectivity index (χ0n) is 15.8. The highest BCUT2D eigenvalue weighted by molar-refractivity contribution is 6.09. The highest BCUT2D eigenvalue weighted by atomic mass is 16.5. The summed E-state index contributed by atoms with van der Waals surface area (Å²) < 4.78 is 10.5. The number of carbonyl (C=O) groups excluding carboxylic acids is 1. The molecule has 0 saturated heterocycles. The standard InChI is InChI=1S/C20H19N5O3/c1-12-19(14-6-4-5-7-15(14)21-12)16(26)11-25-23-20(22-24-25)13-8-9-17(27-2)18(10-13)28-3/h4-10,21H,11H2,1-3H3. The van der Waals surface area contributed by atoms with E-state index in [1.54, 1.807) is 26.4 Å². The maximum Gasteiger partial charge on any atom is 0.205 e. The van der Waals surface area contributed by atoms with Gasteiger partial charge in [0.2, 0.25) is 5.82 Å². The molecule has 0 fully saturated rings. The Morgan fingerprint density at radius 2 is 1.89 bits per heavy atom. The molecule has 0 aliphatic rings. The van der Waals surface area contributed by atoms with Crippen LogP contribution >= 0.6 is 0 Å². The summed E-state index contributed by atoms with van der Waals surface area (Å²) in [6, 6.07) is 13.1. The van der Waals surface area contributed by atoms with Crippen LogP contribution in [0, 0.1) is 6.92 Å². The molecule has 0 saturated carbocycles. The molecule has 28 heavy (non-hydrogen) atoms. The predicted molar refractivity (Wildman–Crippen MR) is 104 cm³/mol. The molecule has 4 rings (SSSR count). The summed E-state index contributed by atoms with van der Waals surface area (Å²) in [4.78, 5) is 17.4. The number of benzene rings is 2. The summed E-state index contributed by atoms with van der Waals surface area (Å²) >= 11 is 0. The van der Waals surface area contributed by atoms with E-state index < -0.39 is 0 Å². The normalized spacial score (nSPS) is 11.0. The molecule has 4 aromatic rings. The van der Waals surface area contributed by atoms with Crippen molar-refractivity contribution < 1.29 is 14.3 Å². The van der Waals surface area contributed by atoms with Crippen LogP contribution in [0.1, 0.15) is 16.1 Å². The molecular weight excluding hydrogens is 358 g/mol. The number of Topliss-reactive ketones (excluding diaryl/α,β-unsaturated/α-hetero) is 1. The van der Waals surface area contributed by atoms with Crippen LogP contribution in [-0.4, -0.2) is 45.2 Å². The first kappa shape index (κ1) is 17.7. The van der Waals surface area contributed by atoms with Crippen molar-refractivity contribution in [3.05, 3.63) is 53.7 Å². The number of tetrazole rings is 1. The molecule has 8 nitrogen and oxygen atoms in total. The smallest absolute Gasteiger partial charge is 0.205 e. The van der Waals surface area contributed by atoms with Crippen LogP contribution in [0.2, 0.25) is 0 Å². The molecule has 0 unspecified atom stereocenters. The lowest BCUT2D eigenvalue weighted by atomic mass is 10.1. The minimum atomic E-state index is -0.0776. The Labute approximate surface area is 161 Å². The number of nitrogens with zero attached hydrogens (tertiary/aromatic N) is 4. The summed E-state index contributed by atoms with van der Waals surface area (Å²) in [6.45, 7) is 1.89. The van der Waals surface area contributed by atoms with Gasteiger partial charge < -0.3 is 14.5 Å². The second kappa shape index (κ2) is 7.15. The Bertz CT molecular complexity index is 1160. The second-order valence-electron chi connectivity index (χ2n) is 6.31. The Balaban J connectivity index is 1.60. The molecule has 142 valence electrons. The van der Waals surface area contributed by atoms with E-state index in [4.69, 9.17) is 9.47 Å². The monoisotopic (exact) mass is 377 g/mol. The zero-order valence-corrected chi connectivity index (χ0v) is 15.8. The van der Waals surface area contributed by atoms with E-state index in [0.717, 1.165) is 22.2 Å². The van der Waals surface area contributed by atoms with E-state index in [9.17, 15) is 4.79 Å². The fraction of sp³-hybridized carbons (Fsp3) is 0.200. The molecule has 2 aromatic carbocycles. The van der Waals surface area contributed by atoms with Crippen LogP contribution in [-0.2, 0) is 6.54 Å². The molecule has 8 heteroatoms. The SMILES string of the molecule is COc1ccc(-c2nnn(CC(=O)c3c(C)[nH]c4ccccc34)n2)cc1OC. The number of aromatic amines is 1. The minimum Gasteiger partial charge on any atom is -0.493 e. The second-order valence-corrected chi connectivity index (χ2v) is 6.31. The average Bonchev–Trinajstić information content (AvgIpc) is 3.30. The van der Waals surface area contributed by atoms with E-state index in [1.807, 2.05) is 37.3 Å². The number of H-pyrrole nitrogens is 1. The first-order valence-corrected chi connectivity index (χ1v) is 8.71. The van der Waals surface area contributed by atoms with Crippen LogP contribution in [0.15, 0.2) is 42.5 Å². The molecule has 0 amide bonds. The number of fused-ring (bicyclic) bond motifs is 1. The van der Waals surface area contributed by atoms with Crippen LogP contribution in [0.5, 0.6) is 11.5 Å². The molecule has 1 N–H and O–H groups in total. The molecule has 2 heterocycles. The molecule has 0 radical (unpaired) electrons. The topological polar surface area (TPSA) is 94.9 Å². The molecule has 0 aliphatic heterocycles. The largest absolute Gasteiger partial charge is 0.493 e. The van der Waals surface area contributed by atoms with E-state index in [2.05, 4.69) is 20.4 Å². The number of rotatable bonds is 6. The Morgan fingerprint density at radius 3 is 2.68 bits per heavy atom. The summed E-state index contributed by atoms with van der Waals surface area (Å²) in [5.41, 5.74) is 3.13. The summed E-state index contributed by atoms with van der Waals surface area (Å²) in [7, 11) is 3.14. The fourth-order valence-corrected chi connectivity index (χ4v) is 3.24. The zero-order chi connectivity index (χ0) is 19.7. The van der Waals surface area contributed by atoms with E-state index in [1.165, 1.54) is 4.80 Å². The minimum absolute atomic E-state index is 0.00295. The number of carbonyl (C=O) groups is 1. The van der Waals surface area contributed by atoms with Gasteiger partial charge in [0.05, 0.1) is 14.2 Å². The van der Waals surface area contributed by atoms with Crippen LogP contribution in [0.4, 0.5) is 0 Å². The Kier molecular flexibility index (Phi) is 4.52. The van der Waals surface area contributed by atoms with Gasteiger partial charge in [-0.15, -0.1) is 10.2 Å². The lowest BCUT2D eigenvalue weighted by Crippen LogP contribution is -2.14. The molecule has 0 bridgehead atoms. The third kappa shape index (κ3) is 3.09. The highest BCUT2D eigenvalue weighted by Crippen LogP contribution is 2.30. The number of ether oxygens (including phenoxy) is 2. The van der Waals surface area contributed by atoms with Gasteiger partial charge in [-0.25, -0.2) is 0 Å². The number of para-hydroxylation sites is 1. The average molecular weight is 377 g/mol. The van der Waals surface area contributed by atoms with Crippen LogP contribution in [0.3, 0.4) is 0 Å². The first-order chi connectivity index (χ1) is 13.6. The van der Waals surface area contributed by atoms with Gasteiger partial charge in [0.25, 0.3) is 0 Å². The number of hydrogen-bond acceptors (Lipinski definition) is 6. The molecule has 2 aromatic heterocycles. The van der Waals surface area contributed by atoms with Crippen LogP contribution in [0.25, 0.3) is 22.3 Å². The molecule has 0 spiro atoms. The number of aryl methyl sites for hydroxylation is 1. The number of ketones is 1. The number of hydrogen-bond donors (Lipinski definition) is 1. The van der Waals surface area contributed by atoms with Gasteiger partial charge in [-0.3, -0.25) is 4.79 Å². The van der Waals surface area contributed by atoms with Crippen molar-refractivity contribution in [1.29, 1.82) is 0 Å². The third-order valence-electron chi connectivity index (χ3n) is 4.55. The lowest BCUT2D eigenvalue weighted by molar-refractivity contribution is 0.0962. The highest BCUT2D eigenvalue weighted by Gasteiger charge is 2.18. The summed E-state index contributed by atoms with van der Waals surface area (Å²) in [5, 5.41) is 13.3. The van der Waals surface area contributed by atoms with Crippen molar-refractivity contribution >= 4 is 16.7 Å². The summed E-state index contributed by atoms with van der Waals surface area (Å²) in [5.74, 6) is 1.51. The van der Waals surface area contributed by atoms with Crippen molar-refractivity contribution in [2.24, 2.45) is 0 Å². The van der Waals surface area contributed by atoms with Crippen molar-refractivity contribution in [2.45, 2.75) is 13.5 Å². The Morgan fingerprint density at radius 1 is 1.11 bits per heavy atom. The first-order valence-electron chi connectivity index (χ1n) is 8.71. The molecular formula is C20H19N5O3. The van der Waals surface area contributed by atoms with Crippen molar-refractivity contribution in [3.8, 4) is 22.9 Å². The molecule has 0 aliphatic carbocycles. The van der Waals surface area contributed by atoms with E-state index in [0.29, 0.717) is 22.9 Å². The third-order valence-corrected chi connectivity index (χ3v) is 4.55. The number of methoxy groups -OCH3 is 2. The maximum absolute atomic E-state index is 12.9. The quantitative estimate of drug-likeness (QED) is 0.519. The number of aromatic nitrogens is 5.